The van der Waals surface area contributed by atoms with Crippen LogP contribution in [-0.2, 0) is 63.6 Å². The average Bonchev–Trinajstić information content (AvgIpc) is 1.29. The van der Waals surface area contributed by atoms with Crippen molar-refractivity contribution in [1.82, 2.24) is 42.1 Å². The molecule has 5 fully saturated rings. The molecule has 6 amide bonds. The first kappa shape index (κ1) is 72.8. The van der Waals surface area contributed by atoms with E-state index in [1.54, 1.807) is 67.6 Å². The van der Waals surface area contributed by atoms with Gasteiger partial charge in [0.15, 0.2) is 30.7 Å². The number of aliphatic hydroxyl groups is 12. The van der Waals surface area contributed by atoms with Crippen molar-refractivity contribution in [3.05, 3.63) is 102 Å². The first-order valence-electron chi connectivity index (χ1n) is 31.5. The summed E-state index contributed by atoms with van der Waals surface area (Å²) in [5.74, 6) is -8.92. The molecule has 0 aromatic heterocycles. The summed E-state index contributed by atoms with van der Waals surface area (Å²) in [5, 5.41) is 150. The normalized spacial score (nSPS) is 37.1. The molecule has 0 bridgehead atoms. The second kappa shape index (κ2) is 32.0. The third-order valence-electron chi connectivity index (χ3n) is 18.1. The molecule has 7 heterocycles. The number of amides is 6. The highest BCUT2D eigenvalue weighted by Gasteiger charge is 2.55. The molecular formula is C61H82N12O25. The number of aliphatic hydroxyl groups excluding tert-OH is 12. The van der Waals surface area contributed by atoms with E-state index < -0.39 is 239 Å². The highest BCUT2D eigenvalue weighted by Crippen LogP contribution is 2.37. The molecule has 0 spiro atoms. The predicted molar refractivity (Wildman–Crippen MR) is 330 cm³/mol. The molecule has 3 aromatic carbocycles. The van der Waals surface area contributed by atoms with E-state index in [0.29, 0.717) is 11.1 Å². The van der Waals surface area contributed by atoms with E-state index in [1.807, 2.05) is 0 Å². The number of hydrogen-bond donors (Lipinski definition) is 21. The average molecular weight is 1380 g/mol. The summed E-state index contributed by atoms with van der Waals surface area (Å²) >= 11 is 0. The van der Waals surface area contributed by atoms with Gasteiger partial charge in [-0.25, -0.2) is 4.99 Å². The van der Waals surface area contributed by atoms with Crippen LogP contribution in [0.4, 0.5) is 0 Å². The number of benzene rings is 3. The first-order chi connectivity index (χ1) is 46.9. The van der Waals surface area contributed by atoms with Crippen LogP contribution < -0.4 is 53.4 Å². The maximum Gasteiger partial charge on any atom is 0.246 e. The largest absolute Gasteiger partial charge is 0.462 e. The molecule has 26 atom stereocenters. The zero-order chi connectivity index (χ0) is 70.4. The fraction of sp³-hybridized carbons (Fsp3) is 0.574. The molecule has 37 heteroatoms. The highest BCUT2D eigenvalue weighted by molar-refractivity contribution is 5.98. The SMILES string of the molecule is C[C@@H](c1ccccc1)[C@@H]1NC(=O)CNC(=O)[C@H](CO)NC(=O)[C@@H]([C@@H](O)[C@@H]2CN=C(N)N2[C@H]2O[C@H](CO)[C@@H](O)[C@H](O)[C@@H]2O)NC(=O)[C@H]([C@@H](O)[C@@H]2CNC(N)=N2)NC(=O)[C@@H](Cc2ccc(O[C@H]3O[C@H](CO)[C@@H](O[C@H]4O[C@@H]5COC(c6ccccc6)O[C@H]5[C@H](O)[C@@H]4O)[C@H](O)[C@@H]3O)cc2)NC1=O. The molecule has 98 heavy (non-hydrogen) atoms. The van der Waals surface area contributed by atoms with Gasteiger partial charge in [0.25, 0.3) is 0 Å². The number of guanidine groups is 2. The van der Waals surface area contributed by atoms with Gasteiger partial charge in [-0.1, -0.05) is 79.7 Å². The Morgan fingerprint density at radius 2 is 1.24 bits per heavy atom. The Morgan fingerprint density at radius 1 is 0.612 bits per heavy atom. The summed E-state index contributed by atoms with van der Waals surface area (Å²) in [4.78, 5) is 96.6. The van der Waals surface area contributed by atoms with Gasteiger partial charge in [-0.05, 0) is 23.3 Å². The number of fused-ring (bicyclic) bond motifs is 1. The van der Waals surface area contributed by atoms with Gasteiger partial charge in [-0.15, -0.1) is 0 Å². The van der Waals surface area contributed by atoms with E-state index >= 15 is 9.59 Å². The Kier molecular flexibility index (Phi) is 23.8. The van der Waals surface area contributed by atoms with Crippen molar-refractivity contribution in [2.24, 2.45) is 21.5 Å². The van der Waals surface area contributed by atoms with E-state index in [0.717, 1.165) is 4.90 Å². The highest BCUT2D eigenvalue weighted by atomic mass is 16.8. The minimum absolute atomic E-state index is 0.0452. The number of nitrogens with two attached hydrogens (primary N) is 2. The maximum absolute atomic E-state index is 15.2. The third-order valence-corrected chi connectivity index (χ3v) is 18.1. The number of nitrogens with one attached hydrogen (secondary N) is 7. The summed E-state index contributed by atoms with van der Waals surface area (Å²) in [5.41, 5.74) is 13.5. The Balaban J connectivity index is 0.912. The number of carbonyl (C=O) groups is 6. The fourth-order valence-corrected chi connectivity index (χ4v) is 12.5. The summed E-state index contributed by atoms with van der Waals surface area (Å²) in [6.07, 6.45) is -30.6. The lowest BCUT2D eigenvalue weighted by atomic mass is 9.92. The second-order valence-electron chi connectivity index (χ2n) is 24.6. The van der Waals surface area contributed by atoms with Crippen LogP contribution in [-0.4, -0.2) is 306 Å². The van der Waals surface area contributed by atoms with Crippen molar-refractivity contribution in [3.8, 4) is 5.75 Å². The Labute approximate surface area is 558 Å². The lowest BCUT2D eigenvalue weighted by Crippen LogP contribution is -2.70. The minimum atomic E-state index is -2.35. The van der Waals surface area contributed by atoms with E-state index in [4.69, 9.17) is 44.6 Å². The van der Waals surface area contributed by atoms with Gasteiger partial charge >= 0.3 is 0 Å². The minimum Gasteiger partial charge on any atom is -0.462 e. The van der Waals surface area contributed by atoms with Gasteiger partial charge in [-0.3, -0.25) is 33.8 Å². The van der Waals surface area contributed by atoms with Crippen LogP contribution in [0.3, 0.4) is 0 Å². The fourth-order valence-electron chi connectivity index (χ4n) is 12.5. The van der Waals surface area contributed by atoms with E-state index in [-0.39, 0.29) is 30.4 Å². The van der Waals surface area contributed by atoms with Crippen molar-refractivity contribution >= 4 is 47.4 Å². The monoisotopic (exact) mass is 1380 g/mol. The van der Waals surface area contributed by atoms with Gasteiger partial charge in [0, 0.05) is 24.4 Å². The maximum atomic E-state index is 15.2. The number of rotatable bonds is 17. The van der Waals surface area contributed by atoms with Crippen LogP contribution in [0.25, 0.3) is 0 Å². The van der Waals surface area contributed by atoms with Crippen LogP contribution in [0.2, 0.25) is 0 Å². The quantitative estimate of drug-likeness (QED) is 0.0597. The van der Waals surface area contributed by atoms with Crippen molar-refractivity contribution in [2.45, 2.75) is 172 Å². The first-order valence-corrected chi connectivity index (χ1v) is 31.5. The lowest BCUT2D eigenvalue weighted by molar-refractivity contribution is -0.383. The Bertz CT molecular complexity index is 3310. The Morgan fingerprint density at radius 3 is 1.91 bits per heavy atom. The lowest BCUT2D eigenvalue weighted by Gasteiger charge is -2.48. The van der Waals surface area contributed by atoms with Gasteiger partial charge in [0.05, 0.1) is 51.6 Å². The van der Waals surface area contributed by atoms with Crippen molar-refractivity contribution in [2.75, 3.05) is 46.1 Å². The summed E-state index contributed by atoms with van der Waals surface area (Å²) < 4.78 is 41.2. The van der Waals surface area contributed by atoms with Gasteiger partial charge in [0.1, 0.15) is 121 Å². The number of carbonyl (C=O) groups excluding carboxylic acids is 6. The second-order valence-corrected chi connectivity index (χ2v) is 24.6. The number of hydrogen-bond acceptors (Lipinski definition) is 31. The van der Waals surface area contributed by atoms with E-state index in [1.165, 1.54) is 24.3 Å². The van der Waals surface area contributed by atoms with Crippen LogP contribution in [0.1, 0.15) is 35.8 Å². The molecule has 23 N–H and O–H groups in total. The smallest absolute Gasteiger partial charge is 0.246 e. The zero-order valence-corrected chi connectivity index (χ0v) is 52.4. The molecule has 3 aromatic rings. The number of ether oxygens (including phenoxy) is 7. The van der Waals surface area contributed by atoms with Crippen molar-refractivity contribution in [3.63, 3.8) is 0 Å². The van der Waals surface area contributed by atoms with Crippen LogP contribution in [0.5, 0.6) is 5.75 Å². The molecule has 37 nitrogen and oxygen atoms in total. The molecule has 7 aliphatic heterocycles. The van der Waals surface area contributed by atoms with Crippen molar-refractivity contribution in [1.29, 1.82) is 0 Å². The molecule has 536 valence electrons. The van der Waals surface area contributed by atoms with E-state index in [9.17, 15) is 80.5 Å². The summed E-state index contributed by atoms with van der Waals surface area (Å²) in [7, 11) is 0. The molecule has 0 saturated carbocycles. The topological polar surface area (TPSA) is 574 Å². The van der Waals surface area contributed by atoms with Gasteiger partial charge in [0.2, 0.25) is 41.7 Å². The molecule has 1 unspecified atom stereocenters. The summed E-state index contributed by atoms with van der Waals surface area (Å²) in [6, 6.07) is 9.78. The molecule has 7 aliphatic rings. The third kappa shape index (κ3) is 16.0. The van der Waals surface area contributed by atoms with Crippen LogP contribution in [0.15, 0.2) is 94.9 Å². The molecular weight excluding hydrogens is 1300 g/mol. The predicted octanol–water partition coefficient (Wildman–Crippen LogP) is -10.9. The number of nitrogens with zero attached hydrogens (tertiary/aromatic N) is 3. The number of aliphatic imine (C=N–C) groups is 2. The van der Waals surface area contributed by atoms with Crippen molar-refractivity contribution < 1.29 is 123 Å². The van der Waals surface area contributed by atoms with Gasteiger partial charge < -0.3 is 148 Å². The standard InChI is InChI=1S/C61H82N12O25/c1-24(26-8-4-2-5-9-26)37-53(89)67-29(16-25-12-14-28(15-13-25)93-58-47(85)44(82)49(34(22-76)95-58)98-59-48(86)45(83)50-35(96-59)23-92-57(97-50)27-10-6-3-7-11-27)52(88)71-38(40(78)30-17-65-60(62)69-30)55(91)72-39(54(90)68-31(20-74)51(87)64-19-36(77)70-37)41(79)32-18-66-61(63)73(32)56-46(84)43(81)42(80)33(21-75)94-56/h2-15,24,29-35,37-50,56-59,74-76,78-86H,16-23H2,1H3,(H2,63,66)(H,64,87)(H,67,89)(H,68,90)(H,70,77)(H,71,88)(H,72,91)(H3,62,65,69)/t24-,29+,30-,31-,32-,33+,34+,35+,37-,38-,39+,40-,41-,42+,43-,44+,45+,46-,47-,48-,49+,50+,56-,57?,58-,59+/m0/s1. The van der Waals surface area contributed by atoms with Gasteiger partial charge in [-0.2, -0.15) is 0 Å². The molecule has 10 rings (SSSR count). The van der Waals surface area contributed by atoms with E-state index in [2.05, 4.69) is 47.2 Å². The zero-order valence-electron chi connectivity index (χ0n) is 52.4. The molecule has 0 aliphatic carbocycles. The molecule has 0 radical (unpaired) electrons. The molecule has 5 saturated heterocycles. The Hall–Kier alpha value is -7.90. The summed E-state index contributed by atoms with van der Waals surface area (Å²) in [6.45, 7) is -3.11. The van der Waals surface area contributed by atoms with Crippen LogP contribution in [0, 0.1) is 0 Å². The van der Waals surface area contributed by atoms with Crippen LogP contribution >= 0.6 is 0 Å².